The topological polar surface area (TPSA) is 393 Å². The molecule has 0 radical (unpaired) electrons. The van der Waals surface area contributed by atoms with Crippen LogP contribution in [0.2, 0.25) is 0 Å². The molecule has 10 aliphatic rings. The molecule has 0 aromatic carbocycles. The molecule has 0 aromatic heterocycles. The van der Waals surface area contributed by atoms with Crippen molar-refractivity contribution in [1.29, 1.82) is 0 Å². The number of fused-ring (bicyclic) bond motifs is 7. The summed E-state index contributed by atoms with van der Waals surface area (Å²) in [5, 5.41) is 150. The Morgan fingerprint density at radius 2 is 1.17 bits per heavy atom. The van der Waals surface area contributed by atoms with Crippen molar-refractivity contribution >= 4 is 5.97 Å². The second-order valence-electron chi connectivity index (χ2n) is 28.2. The van der Waals surface area contributed by atoms with Crippen LogP contribution in [0.4, 0.5) is 0 Å². The number of rotatable bonds is 12. The molecule has 0 bridgehead atoms. The van der Waals surface area contributed by atoms with E-state index in [2.05, 4.69) is 54.5 Å². The molecule has 0 aromatic rings. The normalized spacial score (nSPS) is 54.2. The lowest BCUT2D eigenvalue weighted by Crippen LogP contribution is -2.66. The van der Waals surface area contributed by atoms with E-state index in [1.165, 1.54) is 12.5 Å². The van der Waals surface area contributed by atoms with Gasteiger partial charge in [0, 0.05) is 0 Å². The highest BCUT2D eigenvalue weighted by atomic mass is 16.8. The molecular weight excluding hydrogens is 1100 g/mol. The second-order valence-corrected chi connectivity index (χ2v) is 28.2. The molecule has 25 heteroatoms. The van der Waals surface area contributed by atoms with Gasteiger partial charge < -0.3 is 119 Å². The molecule has 25 nitrogen and oxygen atoms in total. The maximum atomic E-state index is 15.2. The summed E-state index contributed by atoms with van der Waals surface area (Å²) in [4.78, 5) is 15.2. The van der Waals surface area contributed by atoms with E-state index in [9.17, 15) is 71.5 Å². The first kappa shape index (κ1) is 64.3. The molecule has 10 rings (SSSR count). The molecule has 4 saturated carbocycles. The first-order valence-corrected chi connectivity index (χ1v) is 30.0. The fraction of sp³-hybridized carbons (Fsp3) is 0.948. The minimum absolute atomic E-state index is 0.149. The zero-order valence-corrected chi connectivity index (χ0v) is 48.8. The van der Waals surface area contributed by atoms with Gasteiger partial charge in [-0.25, -0.2) is 0 Å². The van der Waals surface area contributed by atoms with Crippen LogP contribution in [-0.2, 0) is 52.2 Å². The zero-order valence-electron chi connectivity index (χ0n) is 48.8. The maximum absolute atomic E-state index is 15.2. The van der Waals surface area contributed by atoms with E-state index in [4.69, 9.17) is 47.4 Å². The SMILES string of the molecule is CC1OC(OC2C(OC3CCC4(C)C(CCC5(C)C4CC=C4C6CC(C)(C)CCC6(C(=O)OC6OC(COC7OC(CO)C(OC8OCC(O)C(O)C8O)C(O)C7O)C(O)C(O)C6O)CCC45C)C3(C)C)OCC(O)C2O)C(O)C(O)C1O. The average molecular weight is 1190 g/mol. The van der Waals surface area contributed by atoms with Crippen LogP contribution >= 0.6 is 0 Å². The number of esters is 1. The van der Waals surface area contributed by atoms with Crippen molar-refractivity contribution in [2.45, 2.75) is 267 Å². The van der Waals surface area contributed by atoms with Crippen LogP contribution in [0.25, 0.3) is 0 Å². The molecule has 14 N–H and O–H groups in total. The van der Waals surface area contributed by atoms with E-state index in [0.29, 0.717) is 38.5 Å². The van der Waals surface area contributed by atoms with Gasteiger partial charge in [-0.15, -0.1) is 0 Å². The summed E-state index contributed by atoms with van der Waals surface area (Å²) in [6.45, 7) is 15.5. The fourth-order valence-corrected chi connectivity index (χ4v) is 17.3. The molecule has 0 amide bonds. The lowest BCUT2D eigenvalue weighted by Gasteiger charge is -2.71. The third kappa shape index (κ3) is 10.9. The van der Waals surface area contributed by atoms with E-state index in [1.54, 1.807) is 0 Å². The van der Waals surface area contributed by atoms with Gasteiger partial charge in [-0.2, -0.15) is 0 Å². The number of aliphatic hydroxyl groups excluding tert-OH is 14. The number of hydrogen-bond acceptors (Lipinski definition) is 25. The van der Waals surface area contributed by atoms with Crippen LogP contribution < -0.4 is 0 Å². The third-order valence-electron chi connectivity index (χ3n) is 22.7. The van der Waals surface area contributed by atoms with Crippen molar-refractivity contribution in [3.63, 3.8) is 0 Å². The summed E-state index contributed by atoms with van der Waals surface area (Å²) in [7, 11) is 0. The number of hydrogen-bond donors (Lipinski definition) is 14. The Bertz CT molecular complexity index is 2310. The summed E-state index contributed by atoms with van der Waals surface area (Å²) < 4.78 is 59.3. The van der Waals surface area contributed by atoms with Crippen molar-refractivity contribution in [3.05, 3.63) is 11.6 Å². The van der Waals surface area contributed by atoms with Crippen molar-refractivity contribution < 1.29 is 124 Å². The van der Waals surface area contributed by atoms with Crippen LogP contribution in [0.1, 0.15) is 120 Å². The smallest absolute Gasteiger partial charge is 0.315 e. The van der Waals surface area contributed by atoms with Crippen molar-refractivity contribution in [2.75, 3.05) is 26.4 Å². The molecule has 31 atom stereocenters. The van der Waals surface area contributed by atoms with Gasteiger partial charge in [-0.3, -0.25) is 4.79 Å². The minimum atomic E-state index is -1.88. The zero-order chi connectivity index (χ0) is 60.4. The van der Waals surface area contributed by atoms with E-state index in [1.807, 2.05) is 0 Å². The molecule has 5 aliphatic heterocycles. The molecule has 31 unspecified atom stereocenters. The van der Waals surface area contributed by atoms with E-state index >= 15 is 4.79 Å². The van der Waals surface area contributed by atoms with Crippen molar-refractivity contribution in [1.82, 2.24) is 0 Å². The third-order valence-corrected chi connectivity index (χ3v) is 22.7. The number of aliphatic hydroxyl groups is 14. The highest BCUT2D eigenvalue weighted by Gasteiger charge is 2.70. The fourth-order valence-electron chi connectivity index (χ4n) is 17.3. The van der Waals surface area contributed by atoms with Crippen molar-refractivity contribution in [2.24, 2.45) is 50.2 Å². The molecule has 9 fully saturated rings. The Morgan fingerprint density at radius 3 is 1.87 bits per heavy atom. The molecule has 476 valence electrons. The Labute approximate surface area is 483 Å². The van der Waals surface area contributed by atoms with Gasteiger partial charge in [0.1, 0.15) is 104 Å². The van der Waals surface area contributed by atoms with Gasteiger partial charge in [0.2, 0.25) is 6.29 Å². The first-order valence-electron chi connectivity index (χ1n) is 30.0. The lowest BCUT2D eigenvalue weighted by atomic mass is 9.33. The van der Waals surface area contributed by atoms with Gasteiger partial charge in [0.25, 0.3) is 0 Å². The molecule has 0 spiro atoms. The number of carbonyl (C=O) groups is 1. The Morgan fingerprint density at radius 1 is 0.566 bits per heavy atom. The van der Waals surface area contributed by atoms with Crippen LogP contribution in [0.5, 0.6) is 0 Å². The van der Waals surface area contributed by atoms with E-state index in [-0.39, 0.29) is 52.1 Å². The summed E-state index contributed by atoms with van der Waals surface area (Å²) in [6.07, 6.45) is -26.7. The number of carbonyl (C=O) groups excluding carboxylic acids is 1. The largest absolute Gasteiger partial charge is 0.432 e. The molecule has 5 heterocycles. The van der Waals surface area contributed by atoms with Gasteiger partial charge in [-0.1, -0.05) is 60.1 Å². The summed E-state index contributed by atoms with van der Waals surface area (Å²) >= 11 is 0. The Hall–Kier alpha value is -1.71. The standard InChI is InChI=1S/C58H94O25/c1-24-34(62)38(66)42(70)49(77-24)82-46-36(64)28(61)22-75-51(46)80-33-12-13-55(6)31(54(33,4)5)11-14-57(8)32(55)10-9-25-26-19-53(2,3)15-17-58(26,18-16-56(25,57)7)52(73)83-50-43(71)39(67)37(65)30(79-50)23-76-47-44(72)40(68)45(29(20-59)78-47)81-48-41(69)35(63)27(60)21-74-48/h9,24,26-51,59-72H,10-23H2,1-8H3. The van der Waals surface area contributed by atoms with Gasteiger partial charge in [0.15, 0.2) is 25.2 Å². The highest BCUT2D eigenvalue weighted by molar-refractivity contribution is 5.79. The van der Waals surface area contributed by atoms with Crippen LogP contribution in [0.15, 0.2) is 11.6 Å². The van der Waals surface area contributed by atoms with Gasteiger partial charge >= 0.3 is 5.97 Å². The molecule has 5 aliphatic carbocycles. The Balaban J connectivity index is 0.826. The second kappa shape index (κ2) is 23.6. The van der Waals surface area contributed by atoms with Gasteiger partial charge in [-0.05, 0) is 116 Å². The monoisotopic (exact) mass is 1190 g/mol. The van der Waals surface area contributed by atoms with Gasteiger partial charge in [0.05, 0.1) is 44.1 Å². The summed E-state index contributed by atoms with van der Waals surface area (Å²) in [6, 6.07) is 0. The number of ether oxygens (including phenoxy) is 10. The van der Waals surface area contributed by atoms with E-state index in [0.717, 1.165) is 25.7 Å². The average Bonchev–Trinajstić information content (AvgIpc) is 2.68. The predicted octanol–water partition coefficient (Wildman–Crippen LogP) is -1.91. The first-order chi connectivity index (χ1) is 38.8. The van der Waals surface area contributed by atoms with E-state index < -0.39 is 178 Å². The summed E-state index contributed by atoms with van der Waals surface area (Å²) in [5.74, 6) is -0.445. The maximum Gasteiger partial charge on any atom is 0.315 e. The van der Waals surface area contributed by atoms with Crippen LogP contribution in [-0.4, -0.2) is 251 Å². The quantitative estimate of drug-likeness (QED) is 0.0576. The minimum Gasteiger partial charge on any atom is -0.432 e. The highest BCUT2D eigenvalue weighted by Crippen LogP contribution is 2.76. The molecule has 5 saturated heterocycles. The Kier molecular flexibility index (Phi) is 18.3. The van der Waals surface area contributed by atoms with Crippen molar-refractivity contribution in [3.8, 4) is 0 Å². The predicted molar refractivity (Wildman–Crippen MR) is 282 cm³/mol. The van der Waals surface area contributed by atoms with Crippen LogP contribution in [0, 0.1) is 50.2 Å². The van der Waals surface area contributed by atoms with Crippen LogP contribution in [0.3, 0.4) is 0 Å². The molecular formula is C58H94O25. The number of allylic oxidation sites excluding steroid dienone is 2. The summed E-state index contributed by atoms with van der Waals surface area (Å²) in [5.41, 5.74) is -1.11. The lowest BCUT2D eigenvalue weighted by molar-refractivity contribution is -0.364. The molecule has 83 heavy (non-hydrogen) atoms.